The number of nitrogens with one attached hydrogen (secondary N) is 2. The van der Waals surface area contributed by atoms with Crippen molar-refractivity contribution < 1.29 is 4.39 Å². The summed E-state index contributed by atoms with van der Waals surface area (Å²) in [5.74, 6) is 0.166. The molecule has 0 saturated heterocycles. The van der Waals surface area contributed by atoms with Crippen LogP contribution in [0.25, 0.3) is 0 Å². The lowest BCUT2D eigenvalue weighted by atomic mass is 10.2. The number of rotatable bonds is 5. The van der Waals surface area contributed by atoms with Gasteiger partial charge in [-0.15, -0.1) is 0 Å². The average Bonchev–Trinajstić information content (AvgIpc) is 3.16. The van der Waals surface area contributed by atoms with Crippen LogP contribution in [0.2, 0.25) is 10.0 Å². The second-order valence-electron chi connectivity index (χ2n) is 5.47. The molecule has 3 aromatic rings. The first kappa shape index (κ1) is 18.6. The molecule has 0 saturated carbocycles. The molecule has 0 spiro atoms. The Balaban J connectivity index is 1.59. The first-order valence-electron chi connectivity index (χ1n) is 7.61. The molecule has 0 amide bonds. The van der Waals surface area contributed by atoms with Crippen molar-refractivity contribution in [3.05, 3.63) is 63.8 Å². The van der Waals surface area contributed by atoms with E-state index in [1.54, 1.807) is 47.0 Å². The van der Waals surface area contributed by atoms with Crippen molar-refractivity contribution in [3.63, 3.8) is 0 Å². The molecule has 6 nitrogen and oxygen atoms in total. The molecule has 0 bridgehead atoms. The first-order valence-corrected chi connectivity index (χ1v) is 8.78. The van der Waals surface area contributed by atoms with Crippen molar-refractivity contribution in [1.82, 2.24) is 24.9 Å². The minimum atomic E-state index is -0.368. The van der Waals surface area contributed by atoms with Crippen LogP contribution in [0.5, 0.6) is 0 Å². The first-order chi connectivity index (χ1) is 12.4. The van der Waals surface area contributed by atoms with Gasteiger partial charge in [0.15, 0.2) is 10.9 Å². The molecular weight excluding hydrogens is 398 g/mol. The maximum Gasteiger partial charge on any atom is 0.172 e. The van der Waals surface area contributed by atoms with Crippen molar-refractivity contribution >= 4 is 46.4 Å². The highest BCUT2D eigenvalue weighted by Gasteiger charge is 2.10. The fourth-order valence-electron chi connectivity index (χ4n) is 2.32. The molecule has 2 aromatic heterocycles. The molecule has 10 heteroatoms. The normalized spacial score (nSPS) is 10.8. The molecule has 0 atom stereocenters. The van der Waals surface area contributed by atoms with E-state index in [-0.39, 0.29) is 12.4 Å². The van der Waals surface area contributed by atoms with Crippen molar-refractivity contribution in [2.75, 3.05) is 5.32 Å². The predicted molar refractivity (Wildman–Crippen MR) is 104 cm³/mol. The molecule has 0 aliphatic carbocycles. The van der Waals surface area contributed by atoms with Gasteiger partial charge < -0.3 is 10.6 Å². The van der Waals surface area contributed by atoms with Gasteiger partial charge >= 0.3 is 0 Å². The lowest BCUT2D eigenvalue weighted by Gasteiger charge is -2.09. The van der Waals surface area contributed by atoms with Gasteiger partial charge in [0.25, 0.3) is 0 Å². The summed E-state index contributed by atoms with van der Waals surface area (Å²) < 4.78 is 17.1. The molecule has 2 heterocycles. The van der Waals surface area contributed by atoms with Crippen LogP contribution in [0, 0.1) is 5.82 Å². The number of anilines is 1. The van der Waals surface area contributed by atoms with Gasteiger partial charge in [0.1, 0.15) is 5.82 Å². The fraction of sp³-hybridized carbons (Fsp3) is 0.188. The number of hydrogen-bond donors (Lipinski definition) is 2. The number of aryl methyl sites for hydroxylation is 1. The van der Waals surface area contributed by atoms with Crippen LogP contribution < -0.4 is 10.6 Å². The zero-order chi connectivity index (χ0) is 18.7. The van der Waals surface area contributed by atoms with E-state index in [1.165, 1.54) is 6.07 Å². The molecule has 0 aliphatic rings. The standard InChI is InChI=1S/C16H15Cl2FN6S/c1-24-14(12(18)7-21-24)8-20-16(26)22-15-5-6-25(23-15)9-10-11(17)3-2-4-13(10)19/h2-7H,8-9H2,1H3,(H2,20,22,23,26). The maximum atomic E-state index is 13.9. The third kappa shape index (κ3) is 4.32. The zero-order valence-corrected chi connectivity index (χ0v) is 16.0. The second-order valence-corrected chi connectivity index (χ2v) is 6.69. The Hall–Kier alpha value is -2.16. The van der Waals surface area contributed by atoms with Crippen LogP contribution in [-0.4, -0.2) is 24.7 Å². The van der Waals surface area contributed by atoms with Gasteiger partial charge in [0, 0.05) is 29.9 Å². The van der Waals surface area contributed by atoms with E-state index in [0.29, 0.717) is 33.1 Å². The molecule has 2 N–H and O–H groups in total. The summed E-state index contributed by atoms with van der Waals surface area (Å²) in [7, 11) is 1.80. The van der Waals surface area contributed by atoms with E-state index < -0.39 is 0 Å². The van der Waals surface area contributed by atoms with Gasteiger partial charge in [-0.2, -0.15) is 10.2 Å². The summed E-state index contributed by atoms with van der Waals surface area (Å²) in [4.78, 5) is 0. The van der Waals surface area contributed by atoms with Gasteiger partial charge in [0.2, 0.25) is 0 Å². The topological polar surface area (TPSA) is 59.7 Å². The number of nitrogens with zero attached hydrogens (tertiary/aromatic N) is 4. The Bertz CT molecular complexity index is 899. The monoisotopic (exact) mass is 412 g/mol. The molecule has 0 radical (unpaired) electrons. The summed E-state index contributed by atoms with van der Waals surface area (Å²) in [5.41, 5.74) is 1.20. The minimum absolute atomic E-state index is 0.220. The van der Waals surface area contributed by atoms with Crippen molar-refractivity contribution in [2.45, 2.75) is 13.1 Å². The molecule has 1 aromatic carbocycles. The summed E-state index contributed by atoms with van der Waals surface area (Å²) >= 11 is 17.3. The van der Waals surface area contributed by atoms with Crippen LogP contribution in [-0.2, 0) is 20.1 Å². The largest absolute Gasteiger partial charge is 0.357 e. The molecule has 0 aliphatic heterocycles. The number of thiocarbonyl (C=S) groups is 1. The highest BCUT2D eigenvalue weighted by atomic mass is 35.5. The molecule has 3 rings (SSSR count). The highest BCUT2D eigenvalue weighted by molar-refractivity contribution is 7.80. The summed E-state index contributed by atoms with van der Waals surface area (Å²) in [6.45, 7) is 0.644. The summed E-state index contributed by atoms with van der Waals surface area (Å²) in [5, 5.41) is 15.7. The molecule has 0 fully saturated rings. The maximum absolute atomic E-state index is 13.9. The predicted octanol–water partition coefficient (Wildman–Crippen LogP) is 3.60. The summed E-state index contributed by atoms with van der Waals surface area (Å²) in [6.07, 6.45) is 3.29. The van der Waals surface area contributed by atoms with E-state index in [0.717, 1.165) is 5.69 Å². The van der Waals surface area contributed by atoms with Crippen molar-refractivity contribution in [3.8, 4) is 0 Å². The number of benzene rings is 1. The van der Waals surface area contributed by atoms with E-state index in [2.05, 4.69) is 20.8 Å². The third-order valence-electron chi connectivity index (χ3n) is 3.69. The lowest BCUT2D eigenvalue weighted by Crippen LogP contribution is -2.29. The van der Waals surface area contributed by atoms with Crippen molar-refractivity contribution in [1.29, 1.82) is 0 Å². The molecular formula is C16H15Cl2FN6S. The van der Waals surface area contributed by atoms with Crippen LogP contribution in [0.15, 0.2) is 36.7 Å². The van der Waals surface area contributed by atoms with E-state index in [4.69, 9.17) is 35.4 Å². The van der Waals surface area contributed by atoms with Crippen LogP contribution >= 0.6 is 35.4 Å². The van der Waals surface area contributed by atoms with Gasteiger partial charge in [-0.3, -0.25) is 9.36 Å². The summed E-state index contributed by atoms with van der Waals surface area (Å²) in [6, 6.07) is 6.31. The van der Waals surface area contributed by atoms with Crippen LogP contribution in [0.3, 0.4) is 0 Å². The number of halogens is 3. The smallest absolute Gasteiger partial charge is 0.172 e. The Morgan fingerprint density at radius 3 is 2.77 bits per heavy atom. The van der Waals surface area contributed by atoms with E-state index in [9.17, 15) is 4.39 Å². The van der Waals surface area contributed by atoms with Gasteiger partial charge in [-0.25, -0.2) is 4.39 Å². The Labute approximate surface area is 164 Å². The third-order valence-corrected chi connectivity index (χ3v) is 4.61. The molecule has 136 valence electrons. The van der Waals surface area contributed by atoms with Crippen molar-refractivity contribution in [2.24, 2.45) is 7.05 Å². The Morgan fingerprint density at radius 1 is 1.27 bits per heavy atom. The van der Waals surface area contributed by atoms with Gasteiger partial charge in [0.05, 0.1) is 30.0 Å². The Kier molecular flexibility index (Phi) is 5.75. The lowest BCUT2D eigenvalue weighted by molar-refractivity contribution is 0.586. The average molecular weight is 413 g/mol. The SMILES string of the molecule is Cn1ncc(Cl)c1CNC(=S)Nc1ccn(Cc2c(F)cccc2Cl)n1. The Morgan fingerprint density at radius 2 is 2.08 bits per heavy atom. The highest BCUT2D eigenvalue weighted by Crippen LogP contribution is 2.20. The van der Waals surface area contributed by atoms with Gasteiger partial charge in [-0.1, -0.05) is 29.3 Å². The molecule has 26 heavy (non-hydrogen) atoms. The number of aromatic nitrogens is 4. The van der Waals surface area contributed by atoms with E-state index in [1.807, 2.05) is 0 Å². The van der Waals surface area contributed by atoms with Crippen LogP contribution in [0.4, 0.5) is 10.2 Å². The second kappa shape index (κ2) is 8.03. The van der Waals surface area contributed by atoms with E-state index >= 15 is 0 Å². The van der Waals surface area contributed by atoms with Crippen LogP contribution in [0.1, 0.15) is 11.3 Å². The number of hydrogen-bond acceptors (Lipinski definition) is 3. The quantitative estimate of drug-likeness (QED) is 0.626. The van der Waals surface area contributed by atoms with Gasteiger partial charge in [-0.05, 0) is 24.4 Å². The fourth-order valence-corrected chi connectivity index (χ4v) is 2.95. The molecule has 0 unspecified atom stereocenters. The minimum Gasteiger partial charge on any atom is -0.357 e. The zero-order valence-electron chi connectivity index (χ0n) is 13.7.